The summed E-state index contributed by atoms with van der Waals surface area (Å²) in [7, 11) is 0. The van der Waals surface area contributed by atoms with Crippen molar-refractivity contribution < 1.29 is 22.8 Å². The highest BCUT2D eigenvalue weighted by molar-refractivity contribution is 7.09. The van der Waals surface area contributed by atoms with Crippen LogP contribution in [0.3, 0.4) is 0 Å². The van der Waals surface area contributed by atoms with Crippen LogP contribution in [0.4, 0.5) is 13.2 Å². The lowest BCUT2D eigenvalue weighted by molar-refractivity contribution is -0.137. The number of nitrogens with zero attached hydrogens (tertiary/aromatic N) is 2. The largest absolute Gasteiger partial charge is 0.416 e. The van der Waals surface area contributed by atoms with E-state index in [1.54, 1.807) is 16.2 Å². The van der Waals surface area contributed by atoms with Gasteiger partial charge < -0.3 is 10.2 Å². The monoisotopic (exact) mass is 411 g/mol. The van der Waals surface area contributed by atoms with Crippen LogP contribution in [-0.2, 0) is 17.5 Å². The molecule has 0 bridgehead atoms. The zero-order chi connectivity index (χ0) is 20.1. The molecule has 1 aromatic heterocycles. The first kappa shape index (κ1) is 20.3. The standard InChI is InChI=1S/C19H20F3N3O2S/c20-19(21,22)15-5-3-14(4-6-15)18(27)25-9-7-24(8-10-25)13-17(26)23-12-16-2-1-11-28-16/h1-6,11H,7-10,12-13H2,(H,23,26). The Morgan fingerprint density at radius 2 is 1.71 bits per heavy atom. The quantitative estimate of drug-likeness (QED) is 0.823. The minimum Gasteiger partial charge on any atom is -0.350 e. The Morgan fingerprint density at radius 1 is 1.04 bits per heavy atom. The lowest BCUT2D eigenvalue weighted by Crippen LogP contribution is -2.51. The molecule has 2 aromatic rings. The van der Waals surface area contributed by atoms with Crippen molar-refractivity contribution in [1.29, 1.82) is 0 Å². The molecule has 9 heteroatoms. The summed E-state index contributed by atoms with van der Waals surface area (Å²) in [6.45, 7) is 2.70. The van der Waals surface area contributed by atoms with Crippen LogP contribution in [0.1, 0.15) is 20.8 Å². The molecule has 28 heavy (non-hydrogen) atoms. The van der Waals surface area contributed by atoms with Crippen molar-refractivity contribution in [2.75, 3.05) is 32.7 Å². The van der Waals surface area contributed by atoms with Crippen molar-refractivity contribution in [3.63, 3.8) is 0 Å². The van der Waals surface area contributed by atoms with Gasteiger partial charge in [0.15, 0.2) is 0 Å². The van der Waals surface area contributed by atoms with E-state index in [2.05, 4.69) is 5.32 Å². The Labute approximate surface area is 164 Å². The average Bonchev–Trinajstić information content (AvgIpc) is 3.19. The Kier molecular flexibility index (Phi) is 6.35. The average molecular weight is 411 g/mol. The van der Waals surface area contributed by atoms with E-state index in [0.717, 1.165) is 17.0 Å². The van der Waals surface area contributed by atoms with E-state index in [0.29, 0.717) is 32.7 Å². The van der Waals surface area contributed by atoms with Crippen LogP contribution in [-0.4, -0.2) is 54.3 Å². The third-order valence-electron chi connectivity index (χ3n) is 4.53. The number of carbonyl (C=O) groups is 2. The van der Waals surface area contributed by atoms with Gasteiger partial charge in [0.2, 0.25) is 5.91 Å². The number of rotatable bonds is 5. The molecule has 2 amide bonds. The van der Waals surface area contributed by atoms with Gasteiger partial charge in [-0.25, -0.2) is 0 Å². The molecule has 0 atom stereocenters. The minimum atomic E-state index is -4.42. The lowest BCUT2D eigenvalue weighted by Gasteiger charge is -2.34. The molecular weight excluding hydrogens is 391 g/mol. The minimum absolute atomic E-state index is 0.0732. The third-order valence-corrected chi connectivity index (χ3v) is 5.40. The maximum Gasteiger partial charge on any atom is 0.416 e. The van der Waals surface area contributed by atoms with Crippen LogP contribution in [0.5, 0.6) is 0 Å². The molecule has 1 N–H and O–H groups in total. The van der Waals surface area contributed by atoms with E-state index in [1.807, 2.05) is 22.4 Å². The smallest absolute Gasteiger partial charge is 0.350 e. The highest BCUT2D eigenvalue weighted by Crippen LogP contribution is 2.29. The van der Waals surface area contributed by atoms with Crippen LogP contribution >= 0.6 is 11.3 Å². The summed E-state index contributed by atoms with van der Waals surface area (Å²) < 4.78 is 37.9. The number of piperazine rings is 1. The number of nitrogens with one attached hydrogen (secondary N) is 1. The second kappa shape index (κ2) is 8.74. The maximum atomic E-state index is 12.6. The zero-order valence-corrected chi connectivity index (χ0v) is 15.9. The second-order valence-corrected chi connectivity index (χ2v) is 7.53. The first-order valence-corrected chi connectivity index (χ1v) is 9.69. The van der Waals surface area contributed by atoms with E-state index in [-0.39, 0.29) is 23.9 Å². The van der Waals surface area contributed by atoms with Crippen LogP contribution in [0.2, 0.25) is 0 Å². The van der Waals surface area contributed by atoms with Crippen LogP contribution in [0.15, 0.2) is 41.8 Å². The van der Waals surface area contributed by atoms with Crippen LogP contribution in [0.25, 0.3) is 0 Å². The molecule has 1 aliphatic heterocycles. The van der Waals surface area contributed by atoms with Gasteiger partial charge in [0, 0.05) is 36.6 Å². The van der Waals surface area contributed by atoms with Gasteiger partial charge >= 0.3 is 6.18 Å². The normalized spacial score (nSPS) is 15.5. The molecule has 1 aromatic carbocycles. The predicted octanol–water partition coefficient (Wildman–Crippen LogP) is 2.84. The fourth-order valence-electron chi connectivity index (χ4n) is 2.95. The topological polar surface area (TPSA) is 52.7 Å². The van der Waals surface area contributed by atoms with Gasteiger partial charge in [0.05, 0.1) is 18.7 Å². The molecule has 0 unspecified atom stereocenters. The summed E-state index contributed by atoms with van der Waals surface area (Å²) in [4.78, 5) is 29.1. The predicted molar refractivity (Wildman–Crippen MR) is 100.0 cm³/mol. The molecule has 0 spiro atoms. The molecular formula is C19H20F3N3O2S. The SMILES string of the molecule is O=C(CN1CCN(C(=O)c2ccc(C(F)(F)F)cc2)CC1)NCc1cccs1. The number of carbonyl (C=O) groups excluding carboxylic acids is 2. The maximum absolute atomic E-state index is 12.6. The van der Waals surface area contributed by atoms with Gasteiger partial charge in [-0.05, 0) is 35.7 Å². The zero-order valence-electron chi connectivity index (χ0n) is 15.0. The van der Waals surface area contributed by atoms with Gasteiger partial charge in [-0.15, -0.1) is 11.3 Å². The van der Waals surface area contributed by atoms with Crippen LogP contribution in [0, 0.1) is 0 Å². The number of benzene rings is 1. The van der Waals surface area contributed by atoms with E-state index >= 15 is 0 Å². The molecule has 3 rings (SSSR count). The van der Waals surface area contributed by atoms with Gasteiger partial charge in [0.25, 0.3) is 5.91 Å². The fourth-order valence-corrected chi connectivity index (χ4v) is 3.60. The number of alkyl halides is 3. The molecule has 1 saturated heterocycles. The highest BCUT2D eigenvalue weighted by atomic mass is 32.1. The summed E-state index contributed by atoms with van der Waals surface area (Å²) in [5.74, 6) is -0.369. The lowest BCUT2D eigenvalue weighted by atomic mass is 10.1. The molecule has 5 nitrogen and oxygen atoms in total. The summed E-state index contributed by atoms with van der Waals surface area (Å²) in [5.41, 5.74) is -0.544. The van der Waals surface area contributed by atoms with Crippen molar-refractivity contribution in [2.45, 2.75) is 12.7 Å². The molecule has 0 radical (unpaired) electrons. The summed E-state index contributed by atoms with van der Waals surface area (Å²) >= 11 is 1.58. The summed E-state index contributed by atoms with van der Waals surface area (Å²) in [6, 6.07) is 8.13. The Bertz CT molecular complexity index is 799. The summed E-state index contributed by atoms with van der Waals surface area (Å²) in [6.07, 6.45) is -4.42. The Morgan fingerprint density at radius 3 is 2.29 bits per heavy atom. The molecule has 0 saturated carbocycles. The number of hydrogen-bond acceptors (Lipinski definition) is 4. The Balaban J connectivity index is 1.45. The van der Waals surface area contributed by atoms with Crippen LogP contribution < -0.4 is 5.32 Å². The van der Waals surface area contributed by atoms with Gasteiger partial charge in [-0.2, -0.15) is 13.2 Å². The van der Waals surface area contributed by atoms with Gasteiger partial charge in [0.1, 0.15) is 0 Å². The van der Waals surface area contributed by atoms with Crippen molar-refractivity contribution >= 4 is 23.2 Å². The van der Waals surface area contributed by atoms with Crippen molar-refractivity contribution in [3.8, 4) is 0 Å². The second-order valence-electron chi connectivity index (χ2n) is 6.50. The highest BCUT2D eigenvalue weighted by Gasteiger charge is 2.30. The van der Waals surface area contributed by atoms with Crippen molar-refractivity contribution in [1.82, 2.24) is 15.1 Å². The van der Waals surface area contributed by atoms with E-state index in [1.165, 1.54) is 12.1 Å². The molecule has 0 aliphatic carbocycles. The number of hydrogen-bond donors (Lipinski definition) is 1. The first-order valence-electron chi connectivity index (χ1n) is 8.81. The summed E-state index contributed by atoms with van der Waals surface area (Å²) in [5, 5.41) is 4.82. The molecule has 150 valence electrons. The van der Waals surface area contributed by atoms with E-state index in [9.17, 15) is 22.8 Å². The number of halogens is 3. The van der Waals surface area contributed by atoms with Crippen molar-refractivity contribution in [3.05, 3.63) is 57.8 Å². The fraction of sp³-hybridized carbons (Fsp3) is 0.368. The first-order chi connectivity index (χ1) is 13.3. The molecule has 1 aliphatic rings. The third kappa shape index (κ3) is 5.32. The van der Waals surface area contributed by atoms with Crippen molar-refractivity contribution in [2.24, 2.45) is 0 Å². The Hall–Kier alpha value is -2.39. The van der Waals surface area contributed by atoms with E-state index in [4.69, 9.17) is 0 Å². The van der Waals surface area contributed by atoms with Gasteiger partial charge in [-0.1, -0.05) is 6.07 Å². The van der Waals surface area contributed by atoms with Gasteiger partial charge in [-0.3, -0.25) is 14.5 Å². The number of amides is 2. The molecule has 1 fully saturated rings. The number of thiophene rings is 1. The van der Waals surface area contributed by atoms with E-state index < -0.39 is 11.7 Å². The molecule has 2 heterocycles.